The fraction of sp³-hybridized carbons (Fsp3) is 0.385. The van der Waals surface area contributed by atoms with Crippen LogP contribution in [-0.4, -0.2) is 28.1 Å². The first-order chi connectivity index (χ1) is 9.28. The molecule has 0 spiro atoms. The van der Waals surface area contributed by atoms with Gasteiger partial charge in [-0.15, -0.1) is 0 Å². The fourth-order valence-electron chi connectivity index (χ4n) is 1.13. The Hall–Kier alpha value is -2.62. The first kappa shape index (κ1) is 15.4. The zero-order valence-electron chi connectivity index (χ0n) is 11.5. The van der Waals surface area contributed by atoms with Crippen molar-refractivity contribution in [2.75, 3.05) is 6.54 Å². The van der Waals surface area contributed by atoms with Crippen LogP contribution in [0.1, 0.15) is 26.5 Å². The summed E-state index contributed by atoms with van der Waals surface area (Å²) in [6, 6.07) is 2.76. The molecule has 7 nitrogen and oxygen atoms in total. The molecule has 7 heteroatoms. The second kappa shape index (κ2) is 6.52. The topological polar surface area (TPSA) is 94.4 Å². The van der Waals surface area contributed by atoms with Crippen molar-refractivity contribution < 1.29 is 14.5 Å². The summed E-state index contributed by atoms with van der Waals surface area (Å²) in [6.07, 6.45) is 0.578. The Morgan fingerprint density at radius 3 is 2.70 bits per heavy atom. The van der Waals surface area contributed by atoms with Crippen LogP contribution >= 0.6 is 0 Å². The number of amides is 1. The molecule has 0 unspecified atom stereocenters. The molecule has 1 N–H and O–H groups in total. The maximum atomic E-state index is 11.3. The Balaban J connectivity index is 2.47. The second-order valence-corrected chi connectivity index (χ2v) is 4.82. The van der Waals surface area contributed by atoms with E-state index in [-0.39, 0.29) is 12.2 Å². The monoisotopic (exact) mass is 277 g/mol. The molecule has 0 aliphatic rings. The molecule has 0 bridgehead atoms. The highest BCUT2D eigenvalue weighted by Gasteiger charge is 2.14. The van der Waals surface area contributed by atoms with Gasteiger partial charge in [-0.1, -0.05) is 5.92 Å². The summed E-state index contributed by atoms with van der Waals surface area (Å²) in [5, 5.41) is 12.9. The molecule has 1 amide bonds. The van der Waals surface area contributed by atoms with Gasteiger partial charge in [-0.2, -0.15) is 0 Å². The highest BCUT2D eigenvalue weighted by Crippen LogP contribution is 2.08. The molecule has 1 heterocycles. The van der Waals surface area contributed by atoms with Crippen molar-refractivity contribution in [1.82, 2.24) is 10.3 Å². The fourth-order valence-corrected chi connectivity index (χ4v) is 1.13. The van der Waals surface area contributed by atoms with E-state index < -0.39 is 16.6 Å². The third kappa shape index (κ3) is 5.82. The summed E-state index contributed by atoms with van der Waals surface area (Å²) in [5.41, 5.74) is -0.263. The van der Waals surface area contributed by atoms with E-state index >= 15 is 0 Å². The van der Waals surface area contributed by atoms with Crippen LogP contribution in [0, 0.1) is 22.0 Å². The summed E-state index contributed by atoms with van der Waals surface area (Å²) in [7, 11) is 0. The molecular weight excluding hydrogens is 262 g/mol. The Morgan fingerprint density at radius 1 is 1.50 bits per heavy atom. The van der Waals surface area contributed by atoms with Crippen LogP contribution < -0.4 is 5.32 Å². The van der Waals surface area contributed by atoms with Gasteiger partial charge in [0.05, 0.1) is 11.5 Å². The van der Waals surface area contributed by atoms with Gasteiger partial charge in [-0.3, -0.25) is 10.1 Å². The Bertz CT molecular complexity index is 550. The van der Waals surface area contributed by atoms with Gasteiger partial charge in [0.2, 0.25) is 0 Å². The minimum absolute atomic E-state index is 0.0950. The molecule has 20 heavy (non-hydrogen) atoms. The van der Waals surface area contributed by atoms with Crippen molar-refractivity contribution in [2.45, 2.75) is 26.4 Å². The lowest BCUT2D eigenvalue weighted by Crippen LogP contribution is -2.32. The molecule has 0 fully saturated rings. The average molecular weight is 277 g/mol. The number of rotatable bonds is 2. The van der Waals surface area contributed by atoms with Crippen LogP contribution in [0.25, 0.3) is 0 Å². The summed E-state index contributed by atoms with van der Waals surface area (Å²) in [4.78, 5) is 25.0. The van der Waals surface area contributed by atoms with Crippen LogP contribution in [0.2, 0.25) is 0 Å². The third-order valence-electron chi connectivity index (χ3n) is 1.90. The maximum Gasteiger partial charge on any atom is 0.408 e. The van der Waals surface area contributed by atoms with Crippen LogP contribution in [0.3, 0.4) is 0 Å². The maximum absolute atomic E-state index is 11.3. The molecule has 1 aromatic rings. The highest BCUT2D eigenvalue weighted by atomic mass is 16.6. The molecule has 0 aliphatic carbocycles. The van der Waals surface area contributed by atoms with Gasteiger partial charge < -0.3 is 10.1 Å². The molecule has 0 saturated heterocycles. The van der Waals surface area contributed by atoms with Gasteiger partial charge in [-0.25, -0.2) is 9.78 Å². The van der Waals surface area contributed by atoms with Crippen molar-refractivity contribution in [3.63, 3.8) is 0 Å². The number of ether oxygens (including phenoxy) is 1. The number of nitro groups is 1. The number of hydrogen-bond donors (Lipinski definition) is 1. The zero-order valence-corrected chi connectivity index (χ0v) is 11.5. The third-order valence-corrected chi connectivity index (χ3v) is 1.90. The number of alkyl carbamates (subject to hydrolysis) is 1. The molecular formula is C13H15N3O4. The van der Waals surface area contributed by atoms with Crippen LogP contribution in [-0.2, 0) is 4.74 Å². The average Bonchev–Trinajstić information content (AvgIpc) is 2.33. The van der Waals surface area contributed by atoms with Crippen molar-refractivity contribution in [2.24, 2.45) is 0 Å². The molecule has 1 rings (SSSR count). The van der Waals surface area contributed by atoms with Gasteiger partial charge in [-0.05, 0) is 32.8 Å². The van der Waals surface area contributed by atoms with Crippen LogP contribution in [0.4, 0.5) is 10.5 Å². The normalized spacial score (nSPS) is 10.2. The largest absolute Gasteiger partial charge is 0.444 e. The lowest BCUT2D eigenvalue weighted by molar-refractivity contribution is -0.385. The lowest BCUT2D eigenvalue weighted by atomic mass is 10.2. The van der Waals surface area contributed by atoms with Crippen LogP contribution in [0.5, 0.6) is 0 Å². The van der Waals surface area contributed by atoms with E-state index in [1.165, 1.54) is 12.1 Å². The SMILES string of the molecule is CC(C)(C)OC(=O)NCC#Cc1ccc([N+](=O)[O-])cn1. The minimum atomic E-state index is -0.558. The summed E-state index contributed by atoms with van der Waals surface area (Å²) in [5.74, 6) is 5.35. The minimum Gasteiger partial charge on any atom is -0.444 e. The molecule has 0 aromatic carbocycles. The quantitative estimate of drug-likeness (QED) is 0.506. The second-order valence-electron chi connectivity index (χ2n) is 4.82. The number of hydrogen-bond acceptors (Lipinski definition) is 5. The number of carbonyl (C=O) groups excluding carboxylic acids is 1. The smallest absolute Gasteiger partial charge is 0.408 e. The molecule has 106 valence electrons. The van der Waals surface area contributed by atoms with Crippen molar-refractivity contribution in [3.05, 3.63) is 34.1 Å². The van der Waals surface area contributed by atoms with Gasteiger partial charge >= 0.3 is 6.09 Å². The standard InChI is InChI=1S/C13H15N3O4/c1-13(2,3)20-12(17)14-8-4-5-10-6-7-11(9-15-10)16(18)19/h6-7,9H,8H2,1-3H3,(H,14,17). The van der Waals surface area contributed by atoms with E-state index in [0.717, 1.165) is 6.20 Å². The van der Waals surface area contributed by atoms with Crippen molar-refractivity contribution in [3.8, 4) is 11.8 Å². The van der Waals surface area contributed by atoms with Gasteiger partial charge in [0.1, 0.15) is 17.5 Å². The Morgan fingerprint density at radius 2 is 2.20 bits per heavy atom. The molecule has 0 atom stereocenters. The van der Waals surface area contributed by atoms with E-state index in [1.54, 1.807) is 20.8 Å². The first-order valence-corrected chi connectivity index (χ1v) is 5.84. The van der Waals surface area contributed by atoms with Gasteiger partial charge in [0, 0.05) is 6.07 Å². The van der Waals surface area contributed by atoms with Gasteiger partial charge in [0.25, 0.3) is 5.69 Å². The van der Waals surface area contributed by atoms with E-state index in [9.17, 15) is 14.9 Å². The summed E-state index contributed by atoms with van der Waals surface area (Å²) in [6.45, 7) is 5.39. The number of aromatic nitrogens is 1. The molecule has 0 saturated carbocycles. The lowest BCUT2D eigenvalue weighted by Gasteiger charge is -2.18. The number of pyridine rings is 1. The summed E-state index contributed by atoms with van der Waals surface area (Å²) < 4.78 is 5.02. The number of nitrogens with zero attached hydrogens (tertiary/aromatic N) is 2. The van der Waals surface area contributed by atoms with Gasteiger partial charge in [0.15, 0.2) is 0 Å². The molecule has 0 radical (unpaired) electrons. The Kier molecular flexibility index (Phi) is 5.03. The van der Waals surface area contributed by atoms with E-state index in [2.05, 4.69) is 22.1 Å². The highest BCUT2D eigenvalue weighted by molar-refractivity contribution is 5.68. The van der Waals surface area contributed by atoms with Crippen molar-refractivity contribution in [1.29, 1.82) is 0 Å². The molecule has 0 aliphatic heterocycles. The first-order valence-electron chi connectivity index (χ1n) is 5.84. The van der Waals surface area contributed by atoms with E-state index in [4.69, 9.17) is 4.74 Å². The van der Waals surface area contributed by atoms with E-state index in [0.29, 0.717) is 5.69 Å². The summed E-state index contributed by atoms with van der Waals surface area (Å²) >= 11 is 0. The predicted molar refractivity (Wildman–Crippen MR) is 72.0 cm³/mol. The van der Waals surface area contributed by atoms with E-state index in [1.807, 2.05) is 0 Å². The van der Waals surface area contributed by atoms with Crippen molar-refractivity contribution >= 4 is 11.8 Å². The molecule has 1 aromatic heterocycles. The Labute approximate surface area is 116 Å². The number of nitrogens with one attached hydrogen (secondary N) is 1. The predicted octanol–water partition coefficient (Wildman–Crippen LogP) is 1.87. The van der Waals surface area contributed by atoms with Crippen LogP contribution in [0.15, 0.2) is 18.3 Å². The zero-order chi connectivity index (χ0) is 15.2. The number of carbonyl (C=O) groups is 1.